The highest BCUT2D eigenvalue weighted by Crippen LogP contribution is 2.18. The minimum absolute atomic E-state index is 0.576. The molecular formula is C7H15NO4Si. The van der Waals surface area contributed by atoms with Crippen LogP contribution in [0.4, 0.5) is 0 Å². The summed E-state index contributed by atoms with van der Waals surface area (Å²) in [6, 6.07) is 0. The Kier molecular flexibility index (Phi) is 2.97. The van der Waals surface area contributed by atoms with Crippen molar-refractivity contribution in [3.05, 3.63) is 0 Å². The first-order valence-corrected chi connectivity index (χ1v) is 6.26. The quantitative estimate of drug-likeness (QED) is 0.584. The second kappa shape index (κ2) is 4.03. The van der Waals surface area contributed by atoms with Gasteiger partial charge in [-0.25, -0.2) is 0 Å². The fraction of sp³-hybridized carbons (Fsp3) is 1.00. The van der Waals surface area contributed by atoms with E-state index in [1.54, 1.807) is 0 Å². The fourth-order valence-electron chi connectivity index (χ4n) is 1.44. The normalized spacial score (nSPS) is 39.9. The molecule has 2 fully saturated rings. The van der Waals surface area contributed by atoms with E-state index in [9.17, 15) is 0 Å². The first-order chi connectivity index (χ1) is 6.35. The zero-order valence-corrected chi connectivity index (χ0v) is 8.82. The van der Waals surface area contributed by atoms with Gasteiger partial charge in [0, 0.05) is 19.7 Å². The molecule has 0 N–H and O–H groups in total. The minimum Gasteiger partial charge on any atom is -0.351 e. The largest absolute Gasteiger partial charge is 0.680 e. The molecule has 2 aliphatic rings. The molecule has 2 heterocycles. The second-order valence-corrected chi connectivity index (χ2v) is 5.18. The molecular weight excluding hydrogens is 190 g/mol. The van der Waals surface area contributed by atoms with Crippen LogP contribution in [-0.4, -0.2) is 53.6 Å². The van der Waals surface area contributed by atoms with E-state index in [-0.39, 0.29) is 0 Å². The first-order valence-electron chi connectivity index (χ1n) is 4.63. The molecule has 0 saturated carbocycles. The van der Waals surface area contributed by atoms with Crippen molar-refractivity contribution < 1.29 is 17.7 Å². The van der Waals surface area contributed by atoms with Crippen LogP contribution in [-0.2, 0) is 17.7 Å². The third kappa shape index (κ3) is 2.09. The van der Waals surface area contributed by atoms with Crippen LogP contribution in [0.25, 0.3) is 0 Å². The average molecular weight is 205 g/mol. The summed E-state index contributed by atoms with van der Waals surface area (Å²) in [7, 11) is -2.73. The number of nitrogens with zero attached hydrogens (tertiary/aromatic N) is 1. The van der Waals surface area contributed by atoms with Crippen molar-refractivity contribution in [2.24, 2.45) is 0 Å². The smallest absolute Gasteiger partial charge is 0.351 e. The molecule has 0 amide bonds. The van der Waals surface area contributed by atoms with E-state index in [4.69, 9.17) is 17.7 Å². The van der Waals surface area contributed by atoms with Gasteiger partial charge in [-0.3, -0.25) is 4.90 Å². The predicted molar refractivity (Wildman–Crippen MR) is 46.8 cm³/mol. The van der Waals surface area contributed by atoms with E-state index in [0.717, 1.165) is 13.1 Å². The lowest BCUT2D eigenvalue weighted by Crippen LogP contribution is -2.48. The van der Waals surface area contributed by atoms with Crippen LogP contribution >= 0.6 is 0 Å². The van der Waals surface area contributed by atoms with Gasteiger partial charge in [0.1, 0.15) is 0 Å². The number of hydrogen-bond acceptors (Lipinski definition) is 5. The van der Waals surface area contributed by atoms with Gasteiger partial charge in [-0.05, 0) is 6.92 Å². The number of fused-ring (bicyclic) bond motifs is 3. The fourth-order valence-corrected chi connectivity index (χ4v) is 3.31. The molecule has 0 spiro atoms. The summed E-state index contributed by atoms with van der Waals surface area (Å²) in [6.45, 7) is 6.18. The lowest BCUT2D eigenvalue weighted by atomic mass is 10.5. The molecule has 0 radical (unpaired) electrons. The summed E-state index contributed by atoms with van der Waals surface area (Å²) in [4.78, 5) is 2.17. The van der Waals surface area contributed by atoms with Gasteiger partial charge in [0.15, 0.2) is 0 Å². The Balaban J connectivity index is 2.06. The molecule has 2 rings (SSSR count). The molecule has 2 saturated heterocycles. The summed E-state index contributed by atoms with van der Waals surface area (Å²) < 4.78 is 22.1. The second-order valence-electron chi connectivity index (χ2n) is 3.02. The average Bonchev–Trinajstić information content (AvgIpc) is 2.37. The zero-order valence-electron chi connectivity index (χ0n) is 7.82. The Hall–Kier alpha value is 0.0169. The van der Waals surface area contributed by atoms with E-state index < -0.39 is 9.05 Å². The van der Waals surface area contributed by atoms with E-state index in [1.807, 2.05) is 6.92 Å². The van der Waals surface area contributed by atoms with E-state index in [2.05, 4.69) is 4.90 Å². The van der Waals surface area contributed by atoms with Gasteiger partial charge in [-0.15, -0.1) is 0 Å². The molecule has 76 valence electrons. The van der Waals surface area contributed by atoms with Crippen molar-refractivity contribution >= 4 is 9.05 Å². The predicted octanol–water partition coefficient (Wildman–Crippen LogP) is -0.205. The molecule has 5 nitrogen and oxygen atoms in total. The van der Waals surface area contributed by atoms with Gasteiger partial charge < -0.3 is 17.7 Å². The minimum atomic E-state index is -2.73. The Morgan fingerprint density at radius 1 is 1.23 bits per heavy atom. The van der Waals surface area contributed by atoms with E-state index >= 15 is 0 Å². The van der Waals surface area contributed by atoms with Crippen LogP contribution in [0.3, 0.4) is 0 Å². The summed E-state index contributed by atoms with van der Waals surface area (Å²) in [5.41, 5.74) is 0. The first kappa shape index (κ1) is 9.57. The highest BCUT2D eigenvalue weighted by molar-refractivity contribution is 6.53. The van der Waals surface area contributed by atoms with Crippen LogP contribution < -0.4 is 0 Å². The van der Waals surface area contributed by atoms with Gasteiger partial charge in [-0.2, -0.15) is 0 Å². The summed E-state index contributed by atoms with van der Waals surface area (Å²) in [6.07, 6.45) is 0. The van der Waals surface area contributed by atoms with Crippen LogP contribution in [0.5, 0.6) is 0 Å². The number of rotatable bonds is 2. The molecule has 0 aromatic carbocycles. The highest BCUT2D eigenvalue weighted by Gasteiger charge is 2.49. The maximum absolute atomic E-state index is 5.55. The monoisotopic (exact) mass is 205 g/mol. The highest BCUT2D eigenvalue weighted by atomic mass is 28.4. The Morgan fingerprint density at radius 3 is 2.54 bits per heavy atom. The lowest BCUT2D eigenvalue weighted by molar-refractivity contribution is -0.0121. The van der Waals surface area contributed by atoms with Crippen LogP contribution in [0.2, 0.25) is 0 Å². The number of hydrogen-bond donors (Lipinski definition) is 0. The zero-order chi connectivity index (χ0) is 9.15. The van der Waals surface area contributed by atoms with Gasteiger partial charge >= 0.3 is 9.05 Å². The van der Waals surface area contributed by atoms with Crippen molar-refractivity contribution in [2.75, 3.05) is 39.6 Å². The van der Waals surface area contributed by atoms with Gasteiger partial charge in [0.2, 0.25) is 0 Å². The van der Waals surface area contributed by atoms with E-state index in [0.29, 0.717) is 26.6 Å². The van der Waals surface area contributed by atoms with Crippen molar-refractivity contribution in [1.82, 2.24) is 4.90 Å². The van der Waals surface area contributed by atoms with Crippen LogP contribution in [0, 0.1) is 0 Å². The third-order valence-electron chi connectivity index (χ3n) is 2.12. The molecule has 2 bridgehead atoms. The topological polar surface area (TPSA) is 40.2 Å². The molecule has 6 heteroatoms. The lowest BCUT2D eigenvalue weighted by Gasteiger charge is -2.24. The van der Waals surface area contributed by atoms with Gasteiger partial charge in [0.25, 0.3) is 0 Å². The van der Waals surface area contributed by atoms with Crippen molar-refractivity contribution in [2.45, 2.75) is 6.92 Å². The molecule has 0 atom stereocenters. The van der Waals surface area contributed by atoms with Crippen molar-refractivity contribution in [3.63, 3.8) is 0 Å². The standard InChI is InChI=1S/C7H15NO4Si/c1-2-9-13-10-5-3-8(7-12-13)4-6-11-13/h2-7H2,1H3. The molecule has 0 unspecified atom stereocenters. The summed E-state index contributed by atoms with van der Waals surface area (Å²) in [5.74, 6) is 0. The van der Waals surface area contributed by atoms with Crippen molar-refractivity contribution in [3.8, 4) is 0 Å². The maximum atomic E-state index is 5.55. The Morgan fingerprint density at radius 2 is 1.92 bits per heavy atom. The van der Waals surface area contributed by atoms with Crippen molar-refractivity contribution in [1.29, 1.82) is 0 Å². The Bertz CT molecular complexity index is 170. The SMILES string of the molecule is CCO[Si]12OCCN(CCO1)CO2. The molecule has 2 aliphatic heterocycles. The molecule has 0 aromatic heterocycles. The maximum Gasteiger partial charge on any atom is 0.680 e. The summed E-state index contributed by atoms with van der Waals surface area (Å²) >= 11 is 0. The summed E-state index contributed by atoms with van der Waals surface area (Å²) in [5, 5.41) is 0. The van der Waals surface area contributed by atoms with E-state index in [1.165, 1.54) is 0 Å². The molecule has 0 aliphatic carbocycles. The van der Waals surface area contributed by atoms with Gasteiger partial charge in [-0.1, -0.05) is 0 Å². The molecule has 0 aromatic rings. The van der Waals surface area contributed by atoms with Crippen LogP contribution in [0.1, 0.15) is 6.92 Å². The Labute approximate surface area is 79.0 Å². The third-order valence-corrected chi connectivity index (χ3v) is 4.36. The molecule has 13 heavy (non-hydrogen) atoms. The van der Waals surface area contributed by atoms with Crippen LogP contribution in [0.15, 0.2) is 0 Å². The van der Waals surface area contributed by atoms with Gasteiger partial charge in [0.05, 0.1) is 19.9 Å².